The predicted molar refractivity (Wildman–Crippen MR) is 125 cm³/mol. The van der Waals surface area contributed by atoms with Gasteiger partial charge in [0, 0.05) is 37.7 Å². The number of hydrogen-bond acceptors (Lipinski definition) is 4. The molecule has 0 radical (unpaired) electrons. The van der Waals surface area contributed by atoms with Crippen LogP contribution in [0.5, 0.6) is 5.75 Å². The molecular formula is C25H35N3O3. The summed E-state index contributed by atoms with van der Waals surface area (Å²) < 4.78 is 5.14. The van der Waals surface area contributed by atoms with Crippen molar-refractivity contribution >= 4 is 17.5 Å². The number of anilines is 1. The summed E-state index contributed by atoms with van der Waals surface area (Å²) in [5, 5.41) is 5.72. The summed E-state index contributed by atoms with van der Waals surface area (Å²) in [6, 6.07) is 15.4. The first kappa shape index (κ1) is 24.4. The molecule has 0 heterocycles. The van der Waals surface area contributed by atoms with Crippen LogP contribution in [-0.2, 0) is 17.9 Å². The van der Waals surface area contributed by atoms with Gasteiger partial charge in [-0.3, -0.25) is 9.69 Å². The topological polar surface area (TPSA) is 70.7 Å². The van der Waals surface area contributed by atoms with Gasteiger partial charge in [0.2, 0.25) is 0 Å². The van der Waals surface area contributed by atoms with Crippen molar-refractivity contribution in [1.29, 1.82) is 0 Å². The molecule has 2 aromatic carbocycles. The zero-order valence-electron chi connectivity index (χ0n) is 19.1. The lowest BCUT2D eigenvalue weighted by Crippen LogP contribution is -2.34. The summed E-state index contributed by atoms with van der Waals surface area (Å²) in [6.45, 7) is 8.36. The molecular weight excluding hydrogens is 390 g/mol. The van der Waals surface area contributed by atoms with Crippen LogP contribution in [0, 0.1) is 0 Å². The van der Waals surface area contributed by atoms with E-state index in [2.05, 4.69) is 29.4 Å². The summed E-state index contributed by atoms with van der Waals surface area (Å²) in [6.07, 6.45) is 2.22. The molecule has 31 heavy (non-hydrogen) atoms. The van der Waals surface area contributed by atoms with Gasteiger partial charge in [-0.05, 0) is 55.3 Å². The SMILES string of the molecule is CCCN(Cc1ccc(NC(=O)NCc2ccc(OC)cc2)cc1)C(C)CC(=O)CC. The lowest BCUT2D eigenvalue weighted by molar-refractivity contribution is -0.119. The number of hydrogen-bond donors (Lipinski definition) is 2. The van der Waals surface area contributed by atoms with Crippen LogP contribution in [0.3, 0.4) is 0 Å². The molecule has 0 aromatic heterocycles. The van der Waals surface area contributed by atoms with Crippen molar-refractivity contribution in [3.8, 4) is 5.75 Å². The number of methoxy groups -OCH3 is 1. The zero-order valence-corrected chi connectivity index (χ0v) is 19.1. The summed E-state index contributed by atoms with van der Waals surface area (Å²) in [5.41, 5.74) is 2.90. The van der Waals surface area contributed by atoms with Crippen molar-refractivity contribution < 1.29 is 14.3 Å². The highest BCUT2D eigenvalue weighted by molar-refractivity contribution is 5.89. The highest BCUT2D eigenvalue weighted by Crippen LogP contribution is 2.16. The Hall–Kier alpha value is -2.86. The molecule has 0 aliphatic rings. The molecule has 2 rings (SSSR count). The zero-order chi connectivity index (χ0) is 22.6. The molecule has 0 aliphatic heterocycles. The fourth-order valence-electron chi connectivity index (χ4n) is 3.37. The highest BCUT2D eigenvalue weighted by Gasteiger charge is 2.16. The molecule has 6 heteroatoms. The van der Waals surface area contributed by atoms with Gasteiger partial charge in [0.1, 0.15) is 11.5 Å². The van der Waals surface area contributed by atoms with E-state index in [9.17, 15) is 9.59 Å². The number of Topliss-reactive ketones (excluding diaryl/α,β-unsaturated/α-hetero) is 1. The average molecular weight is 426 g/mol. The summed E-state index contributed by atoms with van der Waals surface area (Å²) in [4.78, 5) is 26.4. The van der Waals surface area contributed by atoms with Crippen LogP contribution in [0.2, 0.25) is 0 Å². The number of ketones is 1. The maximum Gasteiger partial charge on any atom is 0.319 e. The number of urea groups is 1. The van der Waals surface area contributed by atoms with Crippen LogP contribution < -0.4 is 15.4 Å². The molecule has 168 valence electrons. The number of ether oxygens (including phenoxy) is 1. The van der Waals surface area contributed by atoms with Gasteiger partial charge in [-0.15, -0.1) is 0 Å². The van der Waals surface area contributed by atoms with Crippen LogP contribution in [0.25, 0.3) is 0 Å². The van der Waals surface area contributed by atoms with E-state index in [1.54, 1.807) is 7.11 Å². The summed E-state index contributed by atoms with van der Waals surface area (Å²) in [7, 11) is 1.63. The third-order valence-corrected chi connectivity index (χ3v) is 5.26. The minimum atomic E-state index is -0.247. The smallest absolute Gasteiger partial charge is 0.319 e. The van der Waals surface area contributed by atoms with Crippen LogP contribution in [-0.4, -0.2) is 36.4 Å². The fraction of sp³-hybridized carbons (Fsp3) is 0.440. The summed E-state index contributed by atoms with van der Waals surface area (Å²) in [5.74, 6) is 1.09. The molecule has 1 atom stereocenters. The molecule has 2 amide bonds. The van der Waals surface area contributed by atoms with Crippen LogP contribution in [0.1, 0.15) is 51.2 Å². The van der Waals surface area contributed by atoms with Crippen molar-refractivity contribution in [1.82, 2.24) is 10.2 Å². The minimum absolute atomic E-state index is 0.217. The molecule has 6 nitrogen and oxygen atoms in total. The van der Waals surface area contributed by atoms with Crippen molar-refractivity contribution in [3.05, 3.63) is 59.7 Å². The quantitative estimate of drug-likeness (QED) is 0.503. The Labute approximate surface area is 186 Å². The normalized spacial score (nSPS) is 11.8. The Balaban J connectivity index is 1.86. The van der Waals surface area contributed by atoms with Crippen molar-refractivity contribution in [2.75, 3.05) is 19.0 Å². The molecule has 0 fully saturated rings. The largest absolute Gasteiger partial charge is 0.497 e. The lowest BCUT2D eigenvalue weighted by atomic mass is 10.1. The molecule has 0 bridgehead atoms. The van der Waals surface area contributed by atoms with E-state index >= 15 is 0 Å². The van der Waals surface area contributed by atoms with Gasteiger partial charge in [-0.2, -0.15) is 0 Å². The Kier molecular flexibility index (Phi) is 10.0. The molecule has 2 aromatic rings. The molecule has 2 N–H and O–H groups in total. The number of nitrogens with one attached hydrogen (secondary N) is 2. The van der Waals surface area contributed by atoms with Crippen LogP contribution in [0.15, 0.2) is 48.5 Å². The van der Waals surface area contributed by atoms with Gasteiger partial charge in [0.25, 0.3) is 0 Å². The number of carbonyl (C=O) groups excluding carboxylic acids is 2. The van der Waals surface area contributed by atoms with Crippen LogP contribution >= 0.6 is 0 Å². The average Bonchev–Trinajstić information content (AvgIpc) is 2.78. The van der Waals surface area contributed by atoms with Crippen molar-refractivity contribution in [2.45, 2.75) is 59.2 Å². The number of benzene rings is 2. The fourth-order valence-corrected chi connectivity index (χ4v) is 3.37. The molecule has 0 aliphatic carbocycles. The van der Waals surface area contributed by atoms with Gasteiger partial charge in [-0.1, -0.05) is 38.1 Å². The minimum Gasteiger partial charge on any atom is -0.497 e. The highest BCUT2D eigenvalue weighted by atomic mass is 16.5. The Morgan fingerprint density at radius 1 is 1.00 bits per heavy atom. The summed E-state index contributed by atoms with van der Waals surface area (Å²) >= 11 is 0. The first-order valence-electron chi connectivity index (χ1n) is 11.0. The van der Waals surface area contributed by atoms with E-state index in [-0.39, 0.29) is 12.1 Å². The van der Waals surface area contributed by atoms with E-state index in [0.29, 0.717) is 25.2 Å². The Morgan fingerprint density at radius 2 is 1.65 bits per heavy atom. The first-order chi connectivity index (χ1) is 14.9. The second-order valence-corrected chi connectivity index (χ2v) is 7.77. The molecule has 1 unspecified atom stereocenters. The monoisotopic (exact) mass is 425 g/mol. The second kappa shape index (κ2) is 12.7. The standard InChI is InChI=1S/C25H35N3O3/c1-5-15-28(19(3)16-23(29)6-2)18-21-7-11-22(12-8-21)27-25(30)26-17-20-9-13-24(31-4)14-10-20/h7-14,19H,5-6,15-18H2,1-4H3,(H2,26,27,30). The van der Waals surface area contributed by atoms with Gasteiger partial charge in [0.15, 0.2) is 0 Å². The van der Waals surface area contributed by atoms with Crippen molar-refractivity contribution in [2.24, 2.45) is 0 Å². The maximum absolute atomic E-state index is 12.2. The van der Waals surface area contributed by atoms with E-state index in [1.807, 2.05) is 55.5 Å². The Bertz CT molecular complexity index is 819. The molecule has 0 spiro atoms. The Morgan fingerprint density at radius 3 is 2.23 bits per heavy atom. The number of rotatable bonds is 12. The number of carbonyl (C=O) groups is 2. The first-order valence-corrected chi connectivity index (χ1v) is 11.0. The predicted octanol–water partition coefficient (Wildman–Crippen LogP) is 4.99. The lowest BCUT2D eigenvalue weighted by Gasteiger charge is -2.28. The van der Waals surface area contributed by atoms with E-state index in [0.717, 1.165) is 42.1 Å². The van der Waals surface area contributed by atoms with Gasteiger partial charge in [0.05, 0.1) is 7.11 Å². The van der Waals surface area contributed by atoms with Gasteiger partial charge >= 0.3 is 6.03 Å². The second-order valence-electron chi connectivity index (χ2n) is 7.77. The van der Waals surface area contributed by atoms with E-state index in [1.165, 1.54) is 0 Å². The maximum atomic E-state index is 12.2. The van der Waals surface area contributed by atoms with E-state index < -0.39 is 0 Å². The number of nitrogens with zero attached hydrogens (tertiary/aromatic N) is 1. The van der Waals surface area contributed by atoms with E-state index in [4.69, 9.17) is 4.74 Å². The van der Waals surface area contributed by atoms with Gasteiger partial charge < -0.3 is 15.4 Å². The molecule has 0 saturated carbocycles. The number of amides is 2. The third-order valence-electron chi connectivity index (χ3n) is 5.26. The van der Waals surface area contributed by atoms with Crippen LogP contribution in [0.4, 0.5) is 10.5 Å². The third kappa shape index (κ3) is 8.42. The van der Waals surface area contributed by atoms with Gasteiger partial charge in [-0.25, -0.2) is 4.79 Å². The molecule has 0 saturated heterocycles. The van der Waals surface area contributed by atoms with Crippen molar-refractivity contribution in [3.63, 3.8) is 0 Å².